The van der Waals surface area contributed by atoms with Crippen LogP contribution in [0.15, 0.2) is 36.7 Å². The molecule has 1 aromatic heterocycles. The minimum atomic E-state index is -0.220. The molecule has 2 aromatic rings. The van der Waals surface area contributed by atoms with Gasteiger partial charge in [0.2, 0.25) is 0 Å². The first-order chi connectivity index (χ1) is 7.29. The van der Waals surface area contributed by atoms with Crippen LogP contribution in [0.4, 0.5) is 4.39 Å². The first-order valence-electron chi connectivity index (χ1n) is 4.60. The van der Waals surface area contributed by atoms with Gasteiger partial charge in [0.25, 0.3) is 0 Å². The Labute approximate surface area is 92.3 Å². The van der Waals surface area contributed by atoms with Crippen molar-refractivity contribution >= 4 is 11.6 Å². The SMILES string of the molecule is Fc1ccc(Cn2ccnc2CCl)cc1. The summed E-state index contributed by atoms with van der Waals surface area (Å²) in [4.78, 5) is 4.11. The van der Waals surface area contributed by atoms with Gasteiger partial charge in [0.15, 0.2) is 0 Å². The van der Waals surface area contributed by atoms with Gasteiger partial charge < -0.3 is 4.57 Å². The molecule has 2 rings (SSSR count). The Morgan fingerprint density at radius 1 is 1.27 bits per heavy atom. The molecule has 15 heavy (non-hydrogen) atoms. The molecule has 0 aliphatic rings. The van der Waals surface area contributed by atoms with Crippen LogP contribution in [0.5, 0.6) is 0 Å². The molecule has 2 nitrogen and oxygen atoms in total. The number of alkyl halides is 1. The number of imidazole rings is 1. The highest BCUT2D eigenvalue weighted by Crippen LogP contribution is 2.08. The molecule has 0 aliphatic heterocycles. The van der Waals surface area contributed by atoms with Crippen molar-refractivity contribution in [3.05, 3.63) is 53.9 Å². The van der Waals surface area contributed by atoms with Gasteiger partial charge in [-0.3, -0.25) is 0 Å². The second kappa shape index (κ2) is 4.45. The number of rotatable bonds is 3. The minimum absolute atomic E-state index is 0.220. The highest BCUT2D eigenvalue weighted by molar-refractivity contribution is 6.16. The van der Waals surface area contributed by atoms with Crippen molar-refractivity contribution in [3.8, 4) is 0 Å². The van der Waals surface area contributed by atoms with Gasteiger partial charge in [-0.15, -0.1) is 11.6 Å². The van der Waals surface area contributed by atoms with E-state index >= 15 is 0 Å². The van der Waals surface area contributed by atoms with Gasteiger partial charge in [-0.2, -0.15) is 0 Å². The summed E-state index contributed by atoms with van der Waals surface area (Å²) in [5, 5.41) is 0. The lowest BCUT2D eigenvalue weighted by atomic mass is 10.2. The fourth-order valence-electron chi connectivity index (χ4n) is 1.40. The Morgan fingerprint density at radius 3 is 2.67 bits per heavy atom. The average molecular weight is 225 g/mol. The summed E-state index contributed by atoms with van der Waals surface area (Å²) in [6.07, 6.45) is 3.57. The molecule has 4 heteroatoms. The summed E-state index contributed by atoms with van der Waals surface area (Å²) in [7, 11) is 0. The van der Waals surface area contributed by atoms with Gasteiger partial charge in [-0.05, 0) is 17.7 Å². The van der Waals surface area contributed by atoms with Crippen molar-refractivity contribution in [2.75, 3.05) is 0 Å². The monoisotopic (exact) mass is 224 g/mol. The summed E-state index contributed by atoms with van der Waals surface area (Å²) < 4.78 is 14.6. The van der Waals surface area contributed by atoms with Crippen LogP contribution in [0.3, 0.4) is 0 Å². The maximum atomic E-state index is 12.7. The van der Waals surface area contributed by atoms with Crippen LogP contribution < -0.4 is 0 Å². The lowest BCUT2D eigenvalue weighted by Gasteiger charge is -2.05. The zero-order chi connectivity index (χ0) is 10.7. The predicted octanol–water partition coefficient (Wildman–Crippen LogP) is 2.81. The third kappa shape index (κ3) is 2.36. The van der Waals surface area contributed by atoms with E-state index in [0.29, 0.717) is 12.4 Å². The van der Waals surface area contributed by atoms with E-state index in [1.165, 1.54) is 12.1 Å². The maximum Gasteiger partial charge on any atom is 0.123 e. The summed E-state index contributed by atoms with van der Waals surface area (Å²) in [5.41, 5.74) is 1.03. The van der Waals surface area contributed by atoms with Gasteiger partial charge in [0.1, 0.15) is 11.6 Å². The van der Waals surface area contributed by atoms with Crippen molar-refractivity contribution in [1.82, 2.24) is 9.55 Å². The van der Waals surface area contributed by atoms with E-state index in [-0.39, 0.29) is 5.82 Å². The molecule has 0 bridgehead atoms. The first kappa shape index (κ1) is 10.2. The largest absolute Gasteiger partial charge is 0.330 e. The number of hydrogen-bond acceptors (Lipinski definition) is 1. The Hall–Kier alpha value is -1.35. The van der Waals surface area contributed by atoms with E-state index in [2.05, 4.69) is 4.98 Å². The Balaban J connectivity index is 2.18. The van der Waals surface area contributed by atoms with Crippen molar-refractivity contribution in [3.63, 3.8) is 0 Å². The van der Waals surface area contributed by atoms with Crippen LogP contribution >= 0.6 is 11.6 Å². The van der Waals surface area contributed by atoms with Crippen LogP contribution in [-0.2, 0) is 12.4 Å². The van der Waals surface area contributed by atoms with Gasteiger partial charge in [-0.25, -0.2) is 9.37 Å². The quantitative estimate of drug-likeness (QED) is 0.734. The summed E-state index contributed by atoms with van der Waals surface area (Å²) in [6, 6.07) is 6.42. The molecule has 0 spiro atoms. The van der Waals surface area contributed by atoms with E-state index in [1.54, 1.807) is 18.3 Å². The Bertz CT molecular complexity index is 436. The lowest BCUT2D eigenvalue weighted by molar-refractivity contribution is 0.626. The van der Waals surface area contributed by atoms with Crippen molar-refractivity contribution in [2.24, 2.45) is 0 Å². The summed E-state index contributed by atoms with van der Waals surface area (Å²) in [5.74, 6) is 0.983. The van der Waals surface area contributed by atoms with E-state index < -0.39 is 0 Å². The molecule has 0 amide bonds. The molecule has 0 fully saturated rings. The topological polar surface area (TPSA) is 17.8 Å². The van der Waals surface area contributed by atoms with Crippen LogP contribution in [0.25, 0.3) is 0 Å². The van der Waals surface area contributed by atoms with Crippen LogP contribution in [0.2, 0.25) is 0 Å². The molecule has 1 aromatic carbocycles. The third-order valence-corrected chi connectivity index (χ3v) is 2.43. The number of halogens is 2. The lowest BCUT2D eigenvalue weighted by Crippen LogP contribution is -2.02. The zero-order valence-electron chi connectivity index (χ0n) is 8.03. The van der Waals surface area contributed by atoms with E-state index in [1.807, 2.05) is 10.8 Å². The number of aromatic nitrogens is 2. The van der Waals surface area contributed by atoms with E-state index in [0.717, 1.165) is 11.4 Å². The minimum Gasteiger partial charge on any atom is -0.330 e. The molecular formula is C11H10ClFN2. The summed E-state index contributed by atoms with van der Waals surface area (Å²) >= 11 is 5.72. The van der Waals surface area contributed by atoms with Crippen LogP contribution in [0, 0.1) is 5.82 Å². The Kier molecular flexibility index (Phi) is 3.02. The highest BCUT2D eigenvalue weighted by Gasteiger charge is 2.01. The fourth-order valence-corrected chi connectivity index (χ4v) is 1.62. The molecule has 0 atom stereocenters. The standard InChI is InChI=1S/C11H10ClFN2/c12-7-11-14-5-6-15(11)8-9-1-3-10(13)4-2-9/h1-6H,7-8H2. The smallest absolute Gasteiger partial charge is 0.123 e. The zero-order valence-corrected chi connectivity index (χ0v) is 8.78. The van der Waals surface area contributed by atoms with Crippen molar-refractivity contribution in [2.45, 2.75) is 12.4 Å². The highest BCUT2D eigenvalue weighted by atomic mass is 35.5. The molecule has 0 aliphatic carbocycles. The summed E-state index contributed by atoms with van der Waals surface area (Å²) in [6.45, 7) is 0.669. The third-order valence-electron chi connectivity index (χ3n) is 2.19. The van der Waals surface area contributed by atoms with Gasteiger partial charge in [-0.1, -0.05) is 12.1 Å². The van der Waals surface area contributed by atoms with Gasteiger partial charge >= 0.3 is 0 Å². The number of hydrogen-bond donors (Lipinski definition) is 0. The molecule has 78 valence electrons. The van der Waals surface area contributed by atoms with E-state index in [4.69, 9.17) is 11.6 Å². The molecule has 1 heterocycles. The second-order valence-electron chi connectivity index (χ2n) is 3.23. The normalized spacial score (nSPS) is 10.5. The van der Waals surface area contributed by atoms with Crippen LogP contribution in [0.1, 0.15) is 11.4 Å². The van der Waals surface area contributed by atoms with Crippen LogP contribution in [-0.4, -0.2) is 9.55 Å². The van der Waals surface area contributed by atoms with Gasteiger partial charge in [0, 0.05) is 18.9 Å². The Morgan fingerprint density at radius 2 is 2.00 bits per heavy atom. The van der Waals surface area contributed by atoms with Crippen molar-refractivity contribution < 1.29 is 4.39 Å². The molecular weight excluding hydrogens is 215 g/mol. The predicted molar refractivity (Wildman–Crippen MR) is 57.3 cm³/mol. The second-order valence-corrected chi connectivity index (χ2v) is 3.50. The molecule has 0 saturated heterocycles. The molecule has 0 radical (unpaired) electrons. The number of benzene rings is 1. The number of nitrogens with zero attached hydrogens (tertiary/aromatic N) is 2. The van der Waals surface area contributed by atoms with Crippen molar-refractivity contribution in [1.29, 1.82) is 0 Å². The molecule has 0 N–H and O–H groups in total. The molecule has 0 unspecified atom stereocenters. The molecule has 0 saturated carbocycles. The first-order valence-corrected chi connectivity index (χ1v) is 5.13. The average Bonchev–Trinajstić information content (AvgIpc) is 2.69. The fraction of sp³-hybridized carbons (Fsp3) is 0.182. The maximum absolute atomic E-state index is 12.7. The van der Waals surface area contributed by atoms with Gasteiger partial charge in [0.05, 0.1) is 5.88 Å². The van der Waals surface area contributed by atoms with E-state index in [9.17, 15) is 4.39 Å².